The zero-order valence-corrected chi connectivity index (χ0v) is 12.0. The molecular formula is C16H22N2O2. The van der Waals surface area contributed by atoms with Crippen LogP contribution in [0.4, 0.5) is 5.69 Å². The van der Waals surface area contributed by atoms with Gasteiger partial charge in [-0.1, -0.05) is 6.07 Å². The Morgan fingerprint density at radius 2 is 2.20 bits per heavy atom. The summed E-state index contributed by atoms with van der Waals surface area (Å²) in [5.41, 5.74) is 1.65. The molecule has 108 valence electrons. The largest absolute Gasteiger partial charge is 0.462 e. The Hall–Kier alpha value is -1.55. The number of piperidine rings is 3. The van der Waals surface area contributed by atoms with Gasteiger partial charge < -0.3 is 15.0 Å². The number of benzene rings is 1. The van der Waals surface area contributed by atoms with Crippen LogP contribution in [0.15, 0.2) is 24.3 Å². The van der Waals surface area contributed by atoms with Crippen molar-refractivity contribution in [3.63, 3.8) is 0 Å². The van der Waals surface area contributed by atoms with Gasteiger partial charge in [-0.3, -0.25) is 0 Å². The number of nitrogens with one attached hydrogen (secondary N) is 1. The van der Waals surface area contributed by atoms with Crippen molar-refractivity contribution < 1.29 is 9.53 Å². The maximum absolute atomic E-state index is 11.8. The number of fused-ring (bicyclic) bond motifs is 3. The Labute approximate surface area is 120 Å². The monoisotopic (exact) mass is 274 g/mol. The molecule has 3 aliphatic rings. The number of carbonyl (C=O) groups excluding carboxylic acids is 1. The maximum Gasteiger partial charge on any atom is 0.338 e. The van der Waals surface area contributed by atoms with E-state index in [-0.39, 0.29) is 5.97 Å². The van der Waals surface area contributed by atoms with Gasteiger partial charge in [0.05, 0.1) is 12.2 Å². The van der Waals surface area contributed by atoms with Crippen LogP contribution in [-0.4, -0.2) is 43.2 Å². The molecule has 1 aromatic rings. The number of hydrogen-bond acceptors (Lipinski definition) is 4. The minimum atomic E-state index is -0.245. The van der Waals surface area contributed by atoms with Gasteiger partial charge in [-0.15, -0.1) is 0 Å². The molecule has 0 aromatic heterocycles. The lowest BCUT2D eigenvalue weighted by molar-refractivity contribution is 0.0526. The van der Waals surface area contributed by atoms with E-state index in [9.17, 15) is 4.79 Å². The van der Waals surface area contributed by atoms with E-state index in [0.29, 0.717) is 18.2 Å². The Morgan fingerprint density at radius 1 is 1.40 bits per heavy atom. The molecule has 0 saturated carbocycles. The topological polar surface area (TPSA) is 41.6 Å². The third-order valence-electron chi connectivity index (χ3n) is 4.38. The number of ether oxygens (including phenoxy) is 1. The molecular weight excluding hydrogens is 252 g/mol. The van der Waals surface area contributed by atoms with E-state index in [1.54, 1.807) is 6.07 Å². The van der Waals surface area contributed by atoms with Gasteiger partial charge in [0, 0.05) is 18.3 Å². The lowest BCUT2D eigenvalue weighted by atomic mass is 9.84. The fourth-order valence-electron chi connectivity index (χ4n) is 3.29. The van der Waals surface area contributed by atoms with Gasteiger partial charge in [0.25, 0.3) is 0 Å². The first-order valence-corrected chi connectivity index (χ1v) is 7.52. The van der Waals surface area contributed by atoms with Gasteiger partial charge >= 0.3 is 5.97 Å². The van der Waals surface area contributed by atoms with E-state index in [2.05, 4.69) is 10.2 Å². The maximum atomic E-state index is 11.8. The van der Waals surface area contributed by atoms with Crippen LogP contribution in [-0.2, 0) is 4.74 Å². The first-order chi connectivity index (χ1) is 9.76. The highest BCUT2D eigenvalue weighted by molar-refractivity contribution is 5.90. The van der Waals surface area contributed by atoms with Crippen molar-refractivity contribution in [3.8, 4) is 0 Å². The Bertz CT molecular complexity index is 481. The smallest absolute Gasteiger partial charge is 0.338 e. The highest BCUT2D eigenvalue weighted by atomic mass is 16.5. The van der Waals surface area contributed by atoms with E-state index in [1.165, 1.54) is 25.9 Å². The normalized spacial score (nSPS) is 28.1. The van der Waals surface area contributed by atoms with E-state index in [4.69, 9.17) is 4.74 Å². The van der Waals surface area contributed by atoms with E-state index in [0.717, 1.165) is 18.2 Å². The van der Waals surface area contributed by atoms with Gasteiger partial charge in [-0.05, 0) is 57.0 Å². The zero-order valence-electron chi connectivity index (χ0n) is 12.0. The van der Waals surface area contributed by atoms with Crippen molar-refractivity contribution in [1.29, 1.82) is 0 Å². The number of rotatable bonds is 4. The molecule has 2 bridgehead atoms. The molecule has 1 aromatic carbocycles. The van der Waals surface area contributed by atoms with E-state index in [1.807, 2.05) is 25.1 Å². The number of hydrogen-bond donors (Lipinski definition) is 1. The lowest BCUT2D eigenvalue weighted by Crippen LogP contribution is -2.53. The van der Waals surface area contributed by atoms with Crippen molar-refractivity contribution in [1.82, 2.24) is 4.90 Å². The number of anilines is 1. The van der Waals surface area contributed by atoms with Crippen molar-refractivity contribution >= 4 is 11.7 Å². The second-order valence-corrected chi connectivity index (χ2v) is 5.69. The zero-order chi connectivity index (χ0) is 13.9. The third-order valence-corrected chi connectivity index (χ3v) is 4.38. The second kappa shape index (κ2) is 5.83. The highest BCUT2D eigenvalue weighted by Gasteiger charge is 2.33. The summed E-state index contributed by atoms with van der Waals surface area (Å²) in [7, 11) is 0. The van der Waals surface area contributed by atoms with Crippen LogP contribution in [0.3, 0.4) is 0 Å². The van der Waals surface area contributed by atoms with Crippen LogP contribution >= 0.6 is 0 Å². The molecule has 4 heteroatoms. The molecule has 3 saturated heterocycles. The van der Waals surface area contributed by atoms with Gasteiger partial charge in [0.1, 0.15) is 0 Å². The molecule has 20 heavy (non-hydrogen) atoms. The molecule has 3 fully saturated rings. The quantitative estimate of drug-likeness (QED) is 0.856. The molecule has 0 aliphatic carbocycles. The minimum absolute atomic E-state index is 0.245. The molecule has 3 heterocycles. The molecule has 4 nitrogen and oxygen atoms in total. The van der Waals surface area contributed by atoms with Crippen molar-refractivity contribution in [2.45, 2.75) is 25.8 Å². The van der Waals surface area contributed by atoms with Gasteiger partial charge in [-0.25, -0.2) is 4.79 Å². The minimum Gasteiger partial charge on any atom is -0.462 e. The highest BCUT2D eigenvalue weighted by Crippen LogP contribution is 2.29. The second-order valence-electron chi connectivity index (χ2n) is 5.69. The number of carbonyl (C=O) groups is 1. The Morgan fingerprint density at radius 3 is 2.85 bits per heavy atom. The molecule has 0 amide bonds. The fraction of sp³-hybridized carbons (Fsp3) is 0.562. The van der Waals surface area contributed by atoms with Crippen LogP contribution in [0, 0.1) is 5.92 Å². The molecule has 1 N–H and O–H groups in total. The summed E-state index contributed by atoms with van der Waals surface area (Å²) in [4.78, 5) is 14.3. The summed E-state index contributed by atoms with van der Waals surface area (Å²) < 4.78 is 5.05. The molecule has 4 rings (SSSR count). The molecule has 0 spiro atoms. The number of esters is 1. The van der Waals surface area contributed by atoms with Crippen LogP contribution in [0.5, 0.6) is 0 Å². The standard InChI is InChI=1S/C16H22N2O2/c1-2-20-16(19)13-4-3-5-14(10-13)17-15-11-18-8-6-12(15)7-9-18/h3-5,10,12,15,17H,2,6-9,11H2,1H3. The van der Waals surface area contributed by atoms with Crippen molar-refractivity contribution in [2.24, 2.45) is 5.92 Å². The van der Waals surface area contributed by atoms with Crippen LogP contribution < -0.4 is 5.32 Å². The summed E-state index contributed by atoms with van der Waals surface area (Å²) in [6.07, 6.45) is 2.57. The number of nitrogens with zero attached hydrogens (tertiary/aromatic N) is 1. The van der Waals surface area contributed by atoms with Gasteiger partial charge in [0.15, 0.2) is 0 Å². The Balaban J connectivity index is 1.68. The molecule has 3 aliphatic heterocycles. The summed E-state index contributed by atoms with van der Waals surface area (Å²) in [5.74, 6) is 0.524. The summed E-state index contributed by atoms with van der Waals surface area (Å²) in [5, 5.41) is 3.60. The van der Waals surface area contributed by atoms with Gasteiger partial charge in [0.2, 0.25) is 0 Å². The molecule has 1 atom stereocenters. The van der Waals surface area contributed by atoms with Gasteiger partial charge in [-0.2, -0.15) is 0 Å². The van der Waals surface area contributed by atoms with Crippen LogP contribution in [0.25, 0.3) is 0 Å². The Kier molecular flexibility index (Phi) is 3.92. The van der Waals surface area contributed by atoms with Crippen molar-refractivity contribution in [2.75, 3.05) is 31.6 Å². The van der Waals surface area contributed by atoms with Crippen LogP contribution in [0.1, 0.15) is 30.1 Å². The van der Waals surface area contributed by atoms with E-state index < -0.39 is 0 Å². The molecule has 1 unspecified atom stereocenters. The average molecular weight is 274 g/mol. The lowest BCUT2D eigenvalue weighted by Gasteiger charge is -2.45. The third kappa shape index (κ3) is 2.80. The van der Waals surface area contributed by atoms with Crippen LogP contribution in [0.2, 0.25) is 0 Å². The fourth-order valence-corrected chi connectivity index (χ4v) is 3.29. The van der Waals surface area contributed by atoms with E-state index >= 15 is 0 Å². The summed E-state index contributed by atoms with van der Waals surface area (Å²) in [6.45, 7) is 5.84. The first-order valence-electron chi connectivity index (χ1n) is 7.52. The van der Waals surface area contributed by atoms with Crippen molar-refractivity contribution in [3.05, 3.63) is 29.8 Å². The predicted octanol–water partition coefficient (Wildman–Crippen LogP) is 2.37. The summed E-state index contributed by atoms with van der Waals surface area (Å²) in [6, 6.07) is 8.15. The average Bonchev–Trinajstić information content (AvgIpc) is 2.49. The molecule has 0 radical (unpaired) electrons. The summed E-state index contributed by atoms with van der Waals surface area (Å²) >= 11 is 0. The first kappa shape index (κ1) is 13.4. The SMILES string of the molecule is CCOC(=O)c1cccc(NC2CN3CCC2CC3)c1. The predicted molar refractivity (Wildman–Crippen MR) is 79.0 cm³/mol.